The van der Waals surface area contributed by atoms with Crippen LogP contribution in [0.5, 0.6) is 0 Å². The molecular formula is C16H17FN2O3. The van der Waals surface area contributed by atoms with Crippen LogP contribution in [0.4, 0.5) is 4.39 Å². The zero-order valence-electron chi connectivity index (χ0n) is 12.2. The Morgan fingerprint density at radius 1 is 1.45 bits per heavy atom. The summed E-state index contributed by atoms with van der Waals surface area (Å²) in [6, 6.07) is 6.21. The first kappa shape index (κ1) is 14.6. The number of carbonyl (C=O) groups is 2. The summed E-state index contributed by atoms with van der Waals surface area (Å²) in [5.74, 6) is -2.22. The van der Waals surface area contributed by atoms with Crippen LogP contribution in [-0.4, -0.2) is 39.5 Å². The number of nitrogens with zero attached hydrogens (tertiary/aromatic N) is 1. The van der Waals surface area contributed by atoms with Gasteiger partial charge in [-0.1, -0.05) is 13.0 Å². The number of aromatic amines is 1. The number of aromatic nitrogens is 1. The molecule has 3 rings (SSSR count). The minimum Gasteiger partial charge on any atom is -0.481 e. The van der Waals surface area contributed by atoms with Crippen molar-refractivity contribution in [2.24, 2.45) is 5.92 Å². The molecule has 0 bridgehead atoms. The number of hydrogen-bond donors (Lipinski definition) is 2. The van der Waals surface area contributed by atoms with E-state index in [2.05, 4.69) is 4.98 Å². The third kappa shape index (κ3) is 2.68. The van der Waals surface area contributed by atoms with Crippen molar-refractivity contribution in [2.45, 2.75) is 25.8 Å². The number of H-pyrrole nitrogens is 1. The third-order valence-corrected chi connectivity index (χ3v) is 3.98. The van der Waals surface area contributed by atoms with Gasteiger partial charge in [-0.3, -0.25) is 9.59 Å². The number of fused-ring (bicyclic) bond motifs is 1. The lowest BCUT2D eigenvalue weighted by molar-refractivity contribution is -0.141. The van der Waals surface area contributed by atoms with Crippen molar-refractivity contribution < 1.29 is 19.1 Å². The van der Waals surface area contributed by atoms with Crippen LogP contribution in [0.15, 0.2) is 24.3 Å². The van der Waals surface area contributed by atoms with Crippen molar-refractivity contribution in [2.75, 3.05) is 6.54 Å². The highest BCUT2D eigenvalue weighted by Crippen LogP contribution is 2.30. The molecule has 1 saturated carbocycles. The molecule has 1 aliphatic rings. The molecule has 1 atom stereocenters. The van der Waals surface area contributed by atoms with E-state index in [1.54, 1.807) is 24.0 Å². The van der Waals surface area contributed by atoms with Gasteiger partial charge in [-0.15, -0.1) is 0 Å². The summed E-state index contributed by atoms with van der Waals surface area (Å²) in [4.78, 5) is 28.2. The molecule has 1 aromatic heterocycles. The van der Waals surface area contributed by atoms with E-state index in [4.69, 9.17) is 5.11 Å². The Balaban J connectivity index is 1.88. The SMILES string of the molecule is CC(CN(C(=O)c1cc2c(F)cccc2[nH]1)C1CC1)C(=O)O. The van der Waals surface area contributed by atoms with Crippen molar-refractivity contribution in [3.63, 3.8) is 0 Å². The molecule has 0 aliphatic heterocycles. The molecule has 1 unspecified atom stereocenters. The number of aliphatic carboxylic acids is 1. The molecule has 1 fully saturated rings. The average Bonchev–Trinajstić information content (AvgIpc) is 3.22. The maximum atomic E-state index is 13.7. The number of benzene rings is 1. The zero-order valence-corrected chi connectivity index (χ0v) is 12.2. The van der Waals surface area contributed by atoms with Gasteiger partial charge in [-0.25, -0.2) is 4.39 Å². The van der Waals surface area contributed by atoms with E-state index in [-0.39, 0.29) is 24.3 Å². The standard InChI is InChI=1S/C16H17FN2O3/c1-9(16(21)22)8-19(10-5-6-10)15(20)14-7-11-12(17)3-2-4-13(11)18-14/h2-4,7,9-10,18H,5-6,8H2,1H3,(H,21,22). The second-order valence-electron chi connectivity index (χ2n) is 5.81. The zero-order chi connectivity index (χ0) is 15.9. The van der Waals surface area contributed by atoms with E-state index in [9.17, 15) is 14.0 Å². The quantitative estimate of drug-likeness (QED) is 0.892. The smallest absolute Gasteiger partial charge is 0.308 e. The number of nitrogens with one attached hydrogen (secondary N) is 1. The normalized spacial score (nSPS) is 15.7. The summed E-state index contributed by atoms with van der Waals surface area (Å²) in [6.45, 7) is 1.74. The highest BCUT2D eigenvalue weighted by Gasteiger charge is 2.35. The lowest BCUT2D eigenvalue weighted by atomic mass is 10.1. The van der Waals surface area contributed by atoms with Crippen LogP contribution < -0.4 is 0 Å². The second-order valence-corrected chi connectivity index (χ2v) is 5.81. The Bertz CT molecular complexity index is 736. The summed E-state index contributed by atoms with van der Waals surface area (Å²) < 4.78 is 13.7. The van der Waals surface area contributed by atoms with Gasteiger partial charge < -0.3 is 15.0 Å². The molecule has 22 heavy (non-hydrogen) atoms. The van der Waals surface area contributed by atoms with Gasteiger partial charge >= 0.3 is 5.97 Å². The van der Waals surface area contributed by atoms with Crippen LogP contribution in [0.25, 0.3) is 10.9 Å². The molecule has 0 radical (unpaired) electrons. The monoisotopic (exact) mass is 304 g/mol. The lowest BCUT2D eigenvalue weighted by Gasteiger charge is -2.23. The minimum atomic E-state index is -0.929. The maximum Gasteiger partial charge on any atom is 0.308 e. The summed E-state index contributed by atoms with van der Waals surface area (Å²) in [5.41, 5.74) is 0.856. The van der Waals surface area contributed by atoms with E-state index >= 15 is 0 Å². The van der Waals surface area contributed by atoms with Gasteiger partial charge in [0.25, 0.3) is 5.91 Å². The molecule has 5 nitrogen and oxygen atoms in total. The first-order chi connectivity index (χ1) is 10.5. The largest absolute Gasteiger partial charge is 0.481 e. The maximum absolute atomic E-state index is 13.7. The molecule has 0 spiro atoms. The minimum absolute atomic E-state index is 0.0885. The summed E-state index contributed by atoms with van der Waals surface area (Å²) in [6.07, 6.45) is 1.76. The molecule has 116 valence electrons. The van der Waals surface area contributed by atoms with Crippen LogP contribution >= 0.6 is 0 Å². The molecule has 1 aromatic carbocycles. The molecular weight excluding hydrogens is 287 g/mol. The van der Waals surface area contributed by atoms with Gasteiger partial charge in [-0.05, 0) is 31.0 Å². The molecule has 2 N–H and O–H groups in total. The van der Waals surface area contributed by atoms with Crippen molar-refractivity contribution in [3.05, 3.63) is 35.8 Å². The van der Waals surface area contributed by atoms with Gasteiger partial charge in [-0.2, -0.15) is 0 Å². The van der Waals surface area contributed by atoms with Gasteiger partial charge in [0.05, 0.1) is 5.92 Å². The highest BCUT2D eigenvalue weighted by atomic mass is 19.1. The van der Waals surface area contributed by atoms with Crippen molar-refractivity contribution >= 4 is 22.8 Å². The summed E-state index contributed by atoms with van der Waals surface area (Å²) in [5, 5.41) is 9.41. The van der Waals surface area contributed by atoms with E-state index in [1.807, 2.05) is 0 Å². The Morgan fingerprint density at radius 3 is 2.77 bits per heavy atom. The number of amides is 1. The van der Waals surface area contributed by atoms with Gasteiger partial charge in [0.2, 0.25) is 0 Å². The molecule has 6 heteroatoms. The highest BCUT2D eigenvalue weighted by molar-refractivity contribution is 5.98. The topological polar surface area (TPSA) is 73.4 Å². The number of carboxylic acids is 1. The Hall–Kier alpha value is -2.37. The summed E-state index contributed by atoms with van der Waals surface area (Å²) in [7, 11) is 0. The Kier molecular flexibility index (Phi) is 3.60. The lowest BCUT2D eigenvalue weighted by Crippen LogP contribution is -2.38. The van der Waals surface area contributed by atoms with E-state index in [0.29, 0.717) is 16.6 Å². The average molecular weight is 304 g/mol. The molecule has 1 amide bonds. The predicted octanol–water partition coefficient (Wildman–Crippen LogP) is 2.63. The van der Waals surface area contributed by atoms with E-state index in [1.165, 1.54) is 12.1 Å². The van der Waals surface area contributed by atoms with Crippen LogP contribution in [0.1, 0.15) is 30.3 Å². The van der Waals surface area contributed by atoms with Crippen molar-refractivity contribution in [1.82, 2.24) is 9.88 Å². The van der Waals surface area contributed by atoms with E-state index in [0.717, 1.165) is 12.8 Å². The fourth-order valence-electron chi connectivity index (χ4n) is 2.55. The Morgan fingerprint density at radius 2 is 2.18 bits per heavy atom. The predicted molar refractivity (Wildman–Crippen MR) is 79.1 cm³/mol. The molecule has 1 heterocycles. The first-order valence-corrected chi connectivity index (χ1v) is 7.28. The van der Waals surface area contributed by atoms with Gasteiger partial charge in [0, 0.05) is 23.5 Å². The molecule has 1 aliphatic carbocycles. The number of carbonyl (C=O) groups excluding carboxylic acids is 1. The van der Waals surface area contributed by atoms with Crippen molar-refractivity contribution in [3.8, 4) is 0 Å². The molecule has 2 aromatic rings. The number of rotatable bonds is 5. The Labute approximate surface area is 126 Å². The van der Waals surface area contributed by atoms with Crippen LogP contribution in [0.2, 0.25) is 0 Å². The molecule has 0 saturated heterocycles. The van der Waals surface area contributed by atoms with Gasteiger partial charge in [0.1, 0.15) is 11.5 Å². The van der Waals surface area contributed by atoms with Crippen LogP contribution in [0, 0.1) is 11.7 Å². The number of hydrogen-bond acceptors (Lipinski definition) is 2. The number of halogens is 1. The van der Waals surface area contributed by atoms with Crippen molar-refractivity contribution in [1.29, 1.82) is 0 Å². The van der Waals surface area contributed by atoms with E-state index < -0.39 is 11.9 Å². The summed E-state index contributed by atoms with van der Waals surface area (Å²) >= 11 is 0. The number of carboxylic acid groups (broad SMARTS) is 1. The fourth-order valence-corrected chi connectivity index (χ4v) is 2.55. The first-order valence-electron chi connectivity index (χ1n) is 7.28. The third-order valence-electron chi connectivity index (χ3n) is 3.98. The van der Waals surface area contributed by atoms with Crippen LogP contribution in [0.3, 0.4) is 0 Å². The van der Waals surface area contributed by atoms with Crippen LogP contribution in [-0.2, 0) is 4.79 Å². The fraction of sp³-hybridized carbons (Fsp3) is 0.375. The van der Waals surface area contributed by atoms with Gasteiger partial charge in [0.15, 0.2) is 0 Å². The second kappa shape index (κ2) is 5.44.